The zero-order valence-corrected chi connectivity index (χ0v) is 10.9. The number of pyridine rings is 1. The van der Waals surface area contributed by atoms with E-state index in [1.807, 2.05) is 6.26 Å². The van der Waals surface area contributed by atoms with Crippen LogP contribution in [0.15, 0.2) is 12.3 Å². The predicted molar refractivity (Wildman–Crippen MR) is 69.0 cm³/mol. The normalized spacial score (nSPS) is 9.88. The maximum absolute atomic E-state index is 10.7. The van der Waals surface area contributed by atoms with Crippen molar-refractivity contribution >= 4 is 44.0 Å². The van der Waals surface area contributed by atoms with Gasteiger partial charge in [-0.1, -0.05) is 0 Å². The van der Waals surface area contributed by atoms with Gasteiger partial charge < -0.3 is 10.4 Å². The third kappa shape index (κ3) is 3.21. The van der Waals surface area contributed by atoms with Gasteiger partial charge in [-0.2, -0.15) is 0 Å². The summed E-state index contributed by atoms with van der Waals surface area (Å²) in [6.45, 7) is 0. The molecule has 0 aliphatic carbocycles. The molecule has 7 heteroatoms. The van der Waals surface area contributed by atoms with E-state index in [-0.39, 0.29) is 10.3 Å². The summed E-state index contributed by atoms with van der Waals surface area (Å²) in [5.74, 6) is -0.448. The fourth-order valence-corrected chi connectivity index (χ4v) is 1.66. The molecule has 0 spiro atoms. The van der Waals surface area contributed by atoms with Crippen molar-refractivity contribution in [2.45, 2.75) is 0 Å². The molecular weight excluding hydrogens is 294 g/mol. The Kier molecular flexibility index (Phi) is 4.75. The topological polar surface area (TPSA) is 86.1 Å². The van der Waals surface area contributed by atoms with Crippen LogP contribution < -0.4 is 5.32 Å². The minimum atomic E-state index is -1.08. The first-order chi connectivity index (χ1) is 7.56. The maximum atomic E-state index is 10.7. The monoisotopic (exact) mass is 303 g/mol. The number of rotatable bonds is 5. The first-order valence-electron chi connectivity index (χ1n) is 4.27. The Morgan fingerprint density at radius 1 is 1.75 bits per heavy atom. The molecule has 5 nitrogen and oxygen atoms in total. The van der Waals surface area contributed by atoms with E-state index in [4.69, 9.17) is 10.5 Å². The molecule has 0 unspecified atom stereocenters. The van der Waals surface area contributed by atoms with E-state index in [0.717, 1.165) is 0 Å². The van der Waals surface area contributed by atoms with Gasteiger partial charge >= 0.3 is 5.97 Å². The van der Waals surface area contributed by atoms with Crippen LogP contribution in [0, 0.1) is 5.41 Å². The second-order valence-corrected chi connectivity index (χ2v) is 4.50. The fourth-order valence-electron chi connectivity index (χ4n) is 1.04. The number of nitrogens with zero attached hydrogens (tertiary/aromatic N) is 1. The third-order valence-corrected chi connectivity index (χ3v) is 2.63. The van der Waals surface area contributed by atoms with E-state index < -0.39 is 5.97 Å². The fraction of sp³-hybridized carbons (Fsp3) is 0.222. The molecule has 1 aromatic rings. The SMILES string of the molecule is CSCNc1cc(C(=O)O)ncc1C(=N)Br. The van der Waals surface area contributed by atoms with Crippen molar-refractivity contribution < 1.29 is 9.90 Å². The smallest absolute Gasteiger partial charge is 0.354 e. The lowest BCUT2D eigenvalue weighted by Crippen LogP contribution is -2.08. The molecule has 1 rings (SSSR count). The minimum absolute atomic E-state index is 0.0406. The highest BCUT2D eigenvalue weighted by molar-refractivity contribution is 9.18. The van der Waals surface area contributed by atoms with Gasteiger partial charge in [0.05, 0.1) is 5.88 Å². The van der Waals surface area contributed by atoms with Gasteiger partial charge in [-0.05, 0) is 28.3 Å². The Labute approximate surface area is 105 Å². The van der Waals surface area contributed by atoms with Crippen molar-refractivity contribution in [1.82, 2.24) is 4.98 Å². The van der Waals surface area contributed by atoms with Crippen LogP contribution in [0.5, 0.6) is 0 Å². The van der Waals surface area contributed by atoms with Crippen LogP contribution >= 0.6 is 27.7 Å². The average molecular weight is 304 g/mol. The lowest BCUT2D eigenvalue weighted by atomic mass is 10.2. The average Bonchev–Trinajstić information content (AvgIpc) is 2.25. The zero-order valence-electron chi connectivity index (χ0n) is 8.45. The summed E-state index contributed by atoms with van der Waals surface area (Å²) >= 11 is 4.60. The van der Waals surface area contributed by atoms with Gasteiger partial charge in [0.1, 0.15) is 10.3 Å². The molecule has 0 aliphatic heterocycles. The highest BCUT2D eigenvalue weighted by Gasteiger charge is 2.11. The largest absolute Gasteiger partial charge is 0.477 e. The second kappa shape index (κ2) is 5.86. The lowest BCUT2D eigenvalue weighted by Gasteiger charge is -2.09. The van der Waals surface area contributed by atoms with E-state index in [0.29, 0.717) is 17.1 Å². The van der Waals surface area contributed by atoms with Crippen LogP contribution in [0.1, 0.15) is 16.1 Å². The number of carboxylic acids is 1. The molecule has 0 fully saturated rings. The molecule has 1 aromatic heterocycles. The summed E-state index contributed by atoms with van der Waals surface area (Å²) in [4.78, 5) is 14.5. The predicted octanol–water partition coefficient (Wildman–Crippen LogP) is 2.23. The van der Waals surface area contributed by atoms with Crippen LogP contribution in [-0.4, -0.2) is 32.8 Å². The van der Waals surface area contributed by atoms with E-state index in [9.17, 15) is 4.79 Å². The number of carboxylic acid groups (broad SMARTS) is 1. The van der Waals surface area contributed by atoms with Gasteiger partial charge in [0.25, 0.3) is 0 Å². The Hall–Kier alpha value is -1.08. The van der Waals surface area contributed by atoms with Crippen molar-refractivity contribution in [2.75, 3.05) is 17.4 Å². The van der Waals surface area contributed by atoms with Crippen LogP contribution in [0.25, 0.3) is 0 Å². The molecular formula is C9H10BrN3O2S. The summed E-state index contributed by atoms with van der Waals surface area (Å²) < 4.78 is 0.167. The van der Waals surface area contributed by atoms with Crippen molar-refractivity contribution in [3.05, 3.63) is 23.5 Å². The van der Waals surface area contributed by atoms with Crippen molar-refractivity contribution in [1.29, 1.82) is 5.41 Å². The van der Waals surface area contributed by atoms with Gasteiger partial charge in [-0.3, -0.25) is 5.41 Å². The molecule has 0 aromatic carbocycles. The molecule has 0 atom stereocenters. The Morgan fingerprint density at radius 3 is 2.94 bits per heavy atom. The second-order valence-electron chi connectivity index (χ2n) is 2.84. The Balaban J connectivity index is 3.10. The maximum Gasteiger partial charge on any atom is 0.354 e. The molecule has 3 N–H and O–H groups in total. The highest BCUT2D eigenvalue weighted by atomic mass is 79.9. The molecule has 0 saturated heterocycles. The summed E-state index contributed by atoms with van der Waals surface area (Å²) in [5.41, 5.74) is 1.09. The molecule has 86 valence electrons. The standard InChI is InChI=1S/C9H10BrN3O2S/c1-16-4-13-6-2-7(9(14)15)12-3-5(6)8(10)11/h2-3,11H,4H2,1H3,(H,12,13)(H,14,15). The Morgan fingerprint density at radius 2 is 2.44 bits per heavy atom. The number of aromatic carboxylic acids is 1. The molecule has 0 aliphatic rings. The zero-order chi connectivity index (χ0) is 12.1. The van der Waals surface area contributed by atoms with Crippen molar-refractivity contribution in [3.63, 3.8) is 0 Å². The first-order valence-corrected chi connectivity index (χ1v) is 6.45. The van der Waals surface area contributed by atoms with Gasteiger partial charge in [0, 0.05) is 17.4 Å². The molecule has 1 heterocycles. The summed E-state index contributed by atoms with van der Waals surface area (Å²) in [7, 11) is 0. The number of nitrogens with one attached hydrogen (secondary N) is 2. The molecule has 16 heavy (non-hydrogen) atoms. The van der Waals surface area contributed by atoms with E-state index in [2.05, 4.69) is 26.2 Å². The Bertz CT molecular complexity index is 425. The third-order valence-electron chi connectivity index (χ3n) is 1.77. The van der Waals surface area contributed by atoms with Crippen LogP contribution in [0.4, 0.5) is 5.69 Å². The first kappa shape index (κ1) is 13.0. The van der Waals surface area contributed by atoms with Gasteiger partial charge in [0.2, 0.25) is 0 Å². The quantitative estimate of drug-likeness (QED) is 0.573. The molecule has 0 radical (unpaired) electrons. The summed E-state index contributed by atoms with van der Waals surface area (Å²) in [5, 5.41) is 19.3. The van der Waals surface area contributed by atoms with Crippen LogP contribution in [0.2, 0.25) is 0 Å². The van der Waals surface area contributed by atoms with E-state index in [1.165, 1.54) is 12.3 Å². The number of carbonyl (C=O) groups is 1. The van der Waals surface area contributed by atoms with E-state index >= 15 is 0 Å². The highest BCUT2D eigenvalue weighted by Crippen LogP contribution is 2.19. The van der Waals surface area contributed by atoms with Crippen LogP contribution in [0.3, 0.4) is 0 Å². The summed E-state index contributed by atoms with van der Waals surface area (Å²) in [6, 6.07) is 1.42. The number of anilines is 1. The van der Waals surface area contributed by atoms with Gasteiger partial charge in [-0.15, -0.1) is 11.8 Å². The van der Waals surface area contributed by atoms with E-state index in [1.54, 1.807) is 11.8 Å². The lowest BCUT2D eigenvalue weighted by molar-refractivity contribution is 0.0690. The number of halogens is 1. The number of hydrogen-bond donors (Lipinski definition) is 3. The molecule has 0 saturated carbocycles. The number of aromatic nitrogens is 1. The molecule has 0 amide bonds. The number of hydrogen-bond acceptors (Lipinski definition) is 5. The van der Waals surface area contributed by atoms with Gasteiger partial charge in [0.15, 0.2) is 0 Å². The molecule has 0 bridgehead atoms. The van der Waals surface area contributed by atoms with Crippen LogP contribution in [-0.2, 0) is 0 Å². The van der Waals surface area contributed by atoms with Crippen molar-refractivity contribution in [2.24, 2.45) is 0 Å². The number of thioether (sulfide) groups is 1. The summed E-state index contributed by atoms with van der Waals surface area (Å²) in [6.07, 6.45) is 3.29. The van der Waals surface area contributed by atoms with Gasteiger partial charge in [-0.25, -0.2) is 9.78 Å². The minimum Gasteiger partial charge on any atom is -0.477 e. The van der Waals surface area contributed by atoms with Crippen molar-refractivity contribution in [3.8, 4) is 0 Å².